The second-order valence-electron chi connectivity index (χ2n) is 3.71. The second kappa shape index (κ2) is 4.56. The van der Waals surface area contributed by atoms with Gasteiger partial charge in [-0.05, 0) is 42.4 Å². The van der Waals surface area contributed by atoms with Crippen molar-refractivity contribution in [1.29, 1.82) is 0 Å². The summed E-state index contributed by atoms with van der Waals surface area (Å²) in [5.74, 6) is 0.691. The van der Waals surface area contributed by atoms with Gasteiger partial charge in [-0.25, -0.2) is 0 Å². The molecule has 0 heterocycles. The molecule has 0 spiro atoms. The van der Waals surface area contributed by atoms with Crippen LogP contribution >= 0.6 is 11.8 Å². The molecule has 72 valence electrons. The summed E-state index contributed by atoms with van der Waals surface area (Å²) in [7, 11) is 0. The largest absolute Gasteiger partial charge is 0.399 e. The summed E-state index contributed by atoms with van der Waals surface area (Å²) in [6.07, 6.45) is 3.19. The van der Waals surface area contributed by atoms with Crippen molar-refractivity contribution in [2.75, 3.05) is 12.0 Å². The minimum Gasteiger partial charge on any atom is -0.399 e. The molecule has 0 unspecified atom stereocenters. The molecular formula is C11H17NS. The predicted octanol–water partition coefficient (Wildman–Crippen LogP) is 3.19. The Morgan fingerprint density at radius 2 is 2.00 bits per heavy atom. The third kappa shape index (κ3) is 3.31. The lowest BCUT2D eigenvalue weighted by Crippen LogP contribution is -1.96. The fourth-order valence-corrected chi connectivity index (χ4v) is 1.92. The maximum absolute atomic E-state index is 5.80. The molecule has 0 fully saturated rings. The number of hydrogen-bond acceptors (Lipinski definition) is 2. The average molecular weight is 195 g/mol. The van der Waals surface area contributed by atoms with Gasteiger partial charge in [0.15, 0.2) is 0 Å². The van der Waals surface area contributed by atoms with Gasteiger partial charge in [-0.15, -0.1) is 11.8 Å². The van der Waals surface area contributed by atoms with Crippen LogP contribution in [-0.2, 0) is 6.42 Å². The lowest BCUT2D eigenvalue weighted by Gasteiger charge is -2.07. The molecule has 0 saturated carbocycles. The Labute approximate surface area is 84.7 Å². The number of rotatable bonds is 3. The van der Waals surface area contributed by atoms with Crippen LogP contribution in [0.25, 0.3) is 0 Å². The molecule has 13 heavy (non-hydrogen) atoms. The van der Waals surface area contributed by atoms with Crippen LogP contribution in [0.1, 0.15) is 19.4 Å². The number of thioether (sulfide) groups is 1. The molecule has 1 aromatic carbocycles. The van der Waals surface area contributed by atoms with E-state index in [1.54, 1.807) is 11.8 Å². The summed E-state index contributed by atoms with van der Waals surface area (Å²) in [4.78, 5) is 1.26. The molecule has 2 heteroatoms. The molecule has 0 aliphatic carbocycles. The van der Waals surface area contributed by atoms with Gasteiger partial charge < -0.3 is 5.73 Å². The monoisotopic (exact) mass is 195 g/mol. The Bertz CT molecular complexity index is 281. The van der Waals surface area contributed by atoms with Crippen LogP contribution in [0, 0.1) is 5.92 Å². The lowest BCUT2D eigenvalue weighted by atomic mass is 10.0. The van der Waals surface area contributed by atoms with Gasteiger partial charge in [0.25, 0.3) is 0 Å². The fraction of sp³-hybridized carbons (Fsp3) is 0.455. The van der Waals surface area contributed by atoms with Gasteiger partial charge in [0.05, 0.1) is 0 Å². The lowest BCUT2D eigenvalue weighted by molar-refractivity contribution is 0.646. The molecule has 1 rings (SSSR count). The summed E-state index contributed by atoms with van der Waals surface area (Å²) in [5.41, 5.74) is 8.02. The van der Waals surface area contributed by atoms with Crippen LogP contribution in [0.3, 0.4) is 0 Å². The van der Waals surface area contributed by atoms with Crippen molar-refractivity contribution >= 4 is 17.4 Å². The minimum absolute atomic E-state index is 0.691. The quantitative estimate of drug-likeness (QED) is 0.592. The maximum atomic E-state index is 5.80. The molecule has 0 radical (unpaired) electrons. The van der Waals surface area contributed by atoms with E-state index in [1.807, 2.05) is 6.07 Å². The standard InChI is InChI=1S/C11H17NS/c1-8(2)4-9-5-10(12)7-11(6-9)13-3/h5-8H,4,12H2,1-3H3. The van der Waals surface area contributed by atoms with Gasteiger partial charge in [0.2, 0.25) is 0 Å². The number of anilines is 1. The van der Waals surface area contributed by atoms with Crippen molar-refractivity contribution in [3.63, 3.8) is 0 Å². The van der Waals surface area contributed by atoms with E-state index in [4.69, 9.17) is 5.73 Å². The van der Waals surface area contributed by atoms with Crippen LogP contribution in [0.2, 0.25) is 0 Å². The number of nitrogens with two attached hydrogens (primary N) is 1. The Morgan fingerprint density at radius 1 is 1.31 bits per heavy atom. The Kier molecular flexibility index (Phi) is 3.67. The molecular weight excluding hydrogens is 178 g/mol. The van der Waals surface area contributed by atoms with Crippen molar-refractivity contribution in [2.24, 2.45) is 5.92 Å². The number of hydrogen-bond donors (Lipinski definition) is 1. The summed E-state index contributed by atoms with van der Waals surface area (Å²) in [6, 6.07) is 6.31. The molecule has 0 bridgehead atoms. The number of nitrogen functional groups attached to an aromatic ring is 1. The summed E-state index contributed by atoms with van der Waals surface area (Å²) >= 11 is 1.74. The normalized spacial score (nSPS) is 10.8. The topological polar surface area (TPSA) is 26.0 Å². The molecule has 0 saturated heterocycles. The van der Waals surface area contributed by atoms with Gasteiger partial charge in [-0.1, -0.05) is 13.8 Å². The minimum atomic E-state index is 0.691. The predicted molar refractivity (Wildman–Crippen MR) is 61.2 cm³/mol. The summed E-state index contributed by atoms with van der Waals surface area (Å²) < 4.78 is 0. The van der Waals surface area contributed by atoms with E-state index in [-0.39, 0.29) is 0 Å². The fourth-order valence-electron chi connectivity index (χ4n) is 1.39. The summed E-state index contributed by atoms with van der Waals surface area (Å²) in [6.45, 7) is 4.45. The molecule has 1 aromatic rings. The first-order chi connectivity index (χ1) is 6.11. The first-order valence-electron chi connectivity index (χ1n) is 4.55. The van der Waals surface area contributed by atoms with Gasteiger partial charge in [0.1, 0.15) is 0 Å². The molecule has 1 nitrogen and oxygen atoms in total. The zero-order chi connectivity index (χ0) is 9.84. The Hall–Kier alpha value is -0.630. The van der Waals surface area contributed by atoms with Gasteiger partial charge in [-0.2, -0.15) is 0 Å². The highest BCUT2D eigenvalue weighted by molar-refractivity contribution is 7.98. The van der Waals surface area contributed by atoms with Crippen molar-refractivity contribution < 1.29 is 0 Å². The second-order valence-corrected chi connectivity index (χ2v) is 4.59. The first-order valence-corrected chi connectivity index (χ1v) is 5.77. The summed E-state index contributed by atoms with van der Waals surface area (Å²) in [5, 5.41) is 0. The van der Waals surface area contributed by atoms with E-state index in [0.717, 1.165) is 12.1 Å². The van der Waals surface area contributed by atoms with E-state index >= 15 is 0 Å². The SMILES string of the molecule is CSc1cc(N)cc(CC(C)C)c1. The Balaban J connectivity index is 2.88. The van der Waals surface area contributed by atoms with E-state index in [0.29, 0.717) is 5.92 Å². The maximum Gasteiger partial charge on any atom is 0.0327 e. The number of benzene rings is 1. The van der Waals surface area contributed by atoms with Crippen LogP contribution in [0.5, 0.6) is 0 Å². The third-order valence-electron chi connectivity index (χ3n) is 1.87. The molecule has 0 amide bonds. The smallest absolute Gasteiger partial charge is 0.0327 e. The van der Waals surface area contributed by atoms with E-state index in [9.17, 15) is 0 Å². The van der Waals surface area contributed by atoms with Gasteiger partial charge in [-0.3, -0.25) is 0 Å². The molecule has 0 aliphatic heterocycles. The highest BCUT2D eigenvalue weighted by Gasteiger charge is 2.00. The molecule has 2 N–H and O–H groups in total. The van der Waals surface area contributed by atoms with E-state index in [2.05, 4.69) is 32.2 Å². The van der Waals surface area contributed by atoms with E-state index < -0.39 is 0 Å². The van der Waals surface area contributed by atoms with Crippen LogP contribution < -0.4 is 5.73 Å². The molecule has 0 atom stereocenters. The van der Waals surface area contributed by atoms with Crippen molar-refractivity contribution in [3.05, 3.63) is 23.8 Å². The zero-order valence-electron chi connectivity index (χ0n) is 8.50. The van der Waals surface area contributed by atoms with Gasteiger partial charge >= 0.3 is 0 Å². The Morgan fingerprint density at radius 3 is 2.54 bits per heavy atom. The van der Waals surface area contributed by atoms with Crippen molar-refractivity contribution in [3.8, 4) is 0 Å². The highest BCUT2D eigenvalue weighted by Crippen LogP contribution is 2.21. The highest BCUT2D eigenvalue weighted by atomic mass is 32.2. The van der Waals surface area contributed by atoms with Crippen molar-refractivity contribution in [1.82, 2.24) is 0 Å². The third-order valence-corrected chi connectivity index (χ3v) is 2.58. The van der Waals surface area contributed by atoms with Gasteiger partial charge in [0, 0.05) is 10.6 Å². The van der Waals surface area contributed by atoms with Crippen LogP contribution in [0.15, 0.2) is 23.1 Å². The van der Waals surface area contributed by atoms with E-state index in [1.165, 1.54) is 10.5 Å². The van der Waals surface area contributed by atoms with Crippen molar-refractivity contribution in [2.45, 2.75) is 25.2 Å². The van der Waals surface area contributed by atoms with Crippen LogP contribution in [-0.4, -0.2) is 6.26 Å². The zero-order valence-corrected chi connectivity index (χ0v) is 9.32. The first kappa shape index (κ1) is 10.5. The molecule has 0 aromatic heterocycles. The average Bonchev–Trinajstić information content (AvgIpc) is 2.01. The van der Waals surface area contributed by atoms with Crippen LogP contribution in [0.4, 0.5) is 5.69 Å². The molecule has 0 aliphatic rings.